The zero-order valence-corrected chi connectivity index (χ0v) is 52.6. The summed E-state index contributed by atoms with van der Waals surface area (Å²) in [5.74, 6) is -13.7. The number of aliphatic hydroxyl groups is 1. The molecule has 13 amide bonds. The second kappa shape index (κ2) is 36.0. The number of phenolic OH excluding ortho intramolecular Hbond substituents is 1. The number of nitrogens with zero attached hydrogens (tertiary/aromatic N) is 1. The molecule has 0 saturated carbocycles. The van der Waals surface area contributed by atoms with Crippen LogP contribution in [-0.2, 0) is 68.7 Å². The summed E-state index contributed by atoms with van der Waals surface area (Å²) in [6.45, 7) is 7.95. The van der Waals surface area contributed by atoms with Crippen molar-refractivity contribution in [2.75, 3.05) is 49.3 Å². The molecule has 4 rings (SSSR count). The largest absolute Gasteiger partial charge is 0.508 e. The Morgan fingerprint density at radius 3 is 1.74 bits per heavy atom. The highest BCUT2D eigenvalue weighted by Crippen LogP contribution is 2.27. The van der Waals surface area contributed by atoms with Crippen LogP contribution in [0.3, 0.4) is 0 Å². The minimum atomic E-state index is -1.76. The van der Waals surface area contributed by atoms with Crippen molar-refractivity contribution in [3.63, 3.8) is 0 Å². The Hall–Kier alpha value is -6.59. The molecule has 19 N–H and O–H groups in total. The summed E-state index contributed by atoms with van der Waals surface area (Å²) in [6, 6.07) is -11.4. The number of amides is 13. The van der Waals surface area contributed by atoms with E-state index >= 15 is 0 Å². The molecule has 0 radical (unpaired) electrons. The fourth-order valence-corrected chi connectivity index (χ4v) is 13.7. The van der Waals surface area contributed by atoms with Gasteiger partial charge in [-0.25, -0.2) is 0 Å². The first-order valence-electron chi connectivity index (χ1n) is 28.4. The molecule has 1 aromatic carbocycles. The summed E-state index contributed by atoms with van der Waals surface area (Å²) in [4.78, 5) is 183. The molecule has 1 aromatic rings. The SMILES string of the molecule is CC(C)C[C@@H]1NC(=O)[C@H](C(C)C)NC(=O)[C@H](C)NC(=O)[C@@H]2CSSC[C@H](NC(=O)CN)C(=O)N[C@@H](CSSC[C@H](C(N)=O)NC(=O)[C@H](Cc3ccc(O)cc3)NC1=O)C(=O)N[C@@H](CO)C(=O)N[C@@H](C)C(=O)N[C@@H](CCCN)C(=O)N1CCC[C@H]1C(=O)N2. The summed E-state index contributed by atoms with van der Waals surface area (Å²) < 4.78 is 0. The van der Waals surface area contributed by atoms with Crippen molar-refractivity contribution in [2.45, 2.75) is 153 Å². The molecular formula is C53H83N15O15S4. The van der Waals surface area contributed by atoms with Crippen LogP contribution >= 0.6 is 43.2 Å². The Balaban J connectivity index is 1.87. The molecule has 0 aromatic heterocycles. The van der Waals surface area contributed by atoms with E-state index in [1.807, 2.05) is 0 Å². The fraction of sp³-hybridized carbons (Fsp3) is 0.642. The van der Waals surface area contributed by atoms with Crippen molar-refractivity contribution in [3.8, 4) is 5.75 Å². The number of rotatable bonds is 12. The van der Waals surface area contributed by atoms with E-state index in [1.165, 1.54) is 43.0 Å². The first kappa shape index (κ1) is 72.9. The van der Waals surface area contributed by atoms with E-state index in [0.717, 1.165) is 43.2 Å². The lowest BCUT2D eigenvalue weighted by molar-refractivity contribution is -0.142. The van der Waals surface area contributed by atoms with E-state index in [-0.39, 0.29) is 79.9 Å². The number of carbonyl (C=O) groups excluding carboxylic acids is 13. The van der Waals surface area contributed by atoms with Crippen LogP contribution in [0.5, 0.6) is 5.75 Å². The van der Waals surface area contributed by atoms with Crippen LogP contribution in [0, 0.1) is 11.8 Å². The number of benzene rings is 1. The Morgan fingerprint density at radius 2 is 1.15 bits per heavy atom. The van der Waals surface area contributed by atoms with Crippen molar-refractivity contribution in [3.05, 3.63) is 29.8 Å². The molecule has 2 bridgehead atoms. The van der Waals surface area contributed by atoms with Gasteiger partial charge in [-0.15, -0.1) is 0 Å². The average Bonchev–Trinajstić information content (AvgIpc) is 2.93. The molecule has 0 aliphatic carbocycles. The van der Waals surface area contributed by atoms with E-state index in [2.05, 4.69) is 58.5 Å². The molecule has 3 saturated heterocycles. The first-order chi connectivity index (χ1) is 41.2. The Bertz CT molecular complexity index is 2630. The molecule has 3 fully saturated rings. The number of nitrogens with two attached hydrogens (primary N) is 3. The molecule has 3 aliphatic heterocycles. The molecule has 34 heteroatoms. The minimum absolute atomic E-state index is 0.00440. The molecule has 30 nitrogen and oxygen atoms in total. The van der Waals surface area contributed by atoms with Gasteiger partial charge in [0, 0.05) is 36.0 Å². The average molecular weight is 1300 g/mol. The van der Waals surface area contributed by atoms with Gasteiger partial charge in [-0.3, -0.25) is 62.3 Å². The maximum Gasteiger partial charge on any atom is 0.245 e. The lowest BCUT2D eigenvalue weighted by Crippen LogP contribution is -2.61. The van der Waals surface area contributed by atoms with Crippen LogP contribution in [0.15, 0.2) is 24.3 Å². The maximum absolute atomic E-state index is 14.4. The zero-order valence-electron chi connectivity index (χ0n) is 49.3. The Labute approximate surface area is 519 Å². The second-order valence-corrected chi connectivity index (χ2v) is 26.9. The van der Waals surface area contributed by atoms with Crippen LogP contribution in [0.2, 0.25) is 0 Å². The number of hydrogen-bond acceptors (Lipinski definition) is 21. The van der Waals surface area contributed by atoms with Gasteiger partial charge in [0.1, 0.15) is 78.3 Å². The second-order valence-electron chi connectivity index (χ2n) is 21.8. The summed E-state index contributed by atoms with van der Waals surface area (Å²) in [5.41, 5.74) is 17.7. The minimum Gasteiger partial charge on any atom is -0.508 e. The molecular weight excluding hydrogens is 1210 g/mol. The summed E-state index contributed by atoms with van der Waals surface area (Å²) in [6.07, 6.45) is 0.524. The van der Waals surface area contributed by atoms with E-state index in [9.17, 15) is 72.5 Å². The Morgan fingerprint density at radius 1 is 0.621 bits per heavy atom. The third-order valence-electron chi connectivity index (χ3n) is 13.9. The van der Waals surface area contributed by atoms with E-state index in [0.29, 0.717) is 12.0 Å². The van der Waals surface area contributed by atoms with Crippen LogP contribution < -0.4 is 75.7 Å². The number of nitrogens with one attached hydrogen (secondary N) is 11. The van der Waals surface area contributed by atoms with Crippen molar-refractivity contribution in [2.24, 2.45) is 29.0 Å². The third kappa shape index (κ3) is 23.1. The normalized spacial score (nSPS) is 28.3. The number of fused-ring (bicyclic) bond motifs is 9. The molecule has 0 spiro atoms. The number of primary amides is 1. The van der Waals surface area contributed by atoms with E-state index < -0.39 is 168 Å². The lowest BCUT2D eigenvalue weighted by Gasteiger charge is -2.31. The fourth-order valence-electron chi connectivity index (χ4n) is 9.01. The molecule has 12 atom stereocenters. The quantitative estimate of drug-likeness (QED) is 0.0871. The number of aromatic hydroxyl groups is 1. The van der Waals surface area contributed by atoms with Gasteiger partial charge in [0.25, 0.3) is 0 Å². The van der Waals surface area contributed by atoms with Crippen LogP contribution in [0.4, 0.5) is 0 Å². The van der Waals surface area contributed by atoms with Gasteiger partial charge in [-0.2, -0.15) is 0 Å². The molecule has 3 aliphatic rings. The van der Waals surface area contributed by atoms with Gasteiger partial charge >= 0.3 is 0 Å². The highest BCUT2D eigenvalue weighted by atomic mass is 33.1. The highest BCUT2D eigenvalue weighted by Gasteiger charge is 2.41. The van der Waals surface area contributed by atoms with Crippen molar-refractivity contribution in [1.29, 1.82) is 0 Å². The van der Waals surface area contributed by atoms with Crippen molar-refractivity contribution >= 4 is 120 Å². The van der Waals surface area contributed by atoms with Gasteiger partial charge in [-0.05, 0) is 82.0 Å². The molecule has 0 unspecified atom stereocenters. The number of phenols is 1. The van der Waals surface area contributed by atoms with Gasteiger partial charge in [0.15, 0.2) is 0 Å². The van der Waals surface area contributed by atoms with Gasteiger partial charge in [0.2, 0.25) is 76.8 Å². The van der Waals surface area contributed by atoms with E-state index in [4.69, 9.17) is 17.2 Å². The molecule has 484 valence electrons. The van der Waals surface area contributed by atoms with Crippen LogP contribution in [0.1, 0.15) is 79.2 Å². The lowest BCUT2D eigenvalue weighted by atomic mass is 9.98. The summed E-state index contributed by atoms with van der Waals surface area (Å²) >= 11 is 0. The number of carbonyl (C=O) groups is 13. The van der Waals surface area contributed by atoms with Gasteiger partial charge < -0.3 is 90.8 Å². The van der Waals surface area contributed by atoms with E-state index in [1.54, 1.807) is 27.7 Å². The predicted octanol–water partition coefficient (Wildman–Crippen LogP) is -5.03. The summed E-state index contributed by atoms with van der Waals surface area (Å²) in [5, 5.41) is 48.7. The first-order valence-corrected chi connectivity index (χ1v) is 33.4. The molecule has 87 heavy (non-hydrogen) atoms. The van der Waals surface area contributed by atoms with Crippen molar-refractivity contribution < 1.29 is 72.5 Å². The topological polar surface area (TPSA) is 476 Å². The highest BCUT2D eigenvalue weighted by molar-refractivity contribution is 8.77. The smallest absolute Gasteiger partial charge is 0.245 e. The monoisotopic (exact) mass is 1300 g/mol. The standard InChI is InChI=1S/C53H83N15O15S4/c1-25(2)17-32-45(75)61-33(18-29-11-13-30(70)14-12-29)46(76)64-35(42(56)72)21-84-86-24-38-50(80)63-34(20-69)47(77)57-27(5)43(73)60-31(9-7-15-54)53(83)68-16-8-10-39(68)51(81)66-37(23-87-85-22-36(49(79)65-38)59-40(71)19-55)48(78)58-28(6)44(74)67-41(26(3)4)52(82)62-32/h11-14,25-28,31-39,41,69-70H,7-10,15-24,54-55H2,1-6H3,(H2,56,72)(H,57,77)(H,58,78)(H,59,71)(H,60,73)(H,61,75)(H,62,82)(H,63,80)(H,64,76)(H,65,79)(H,66,81)(H,67,74)/t27-,28-,31-,32-,33-,34-,35+,36-,37-,38-,39-,41-/m0/s1. The van der Waals surface area contributed by atoms with Crippen LogP contribution in [-0.4, -0.2) is 214 Å². The zero-order chi connectivity index (χ0) is 64.7. The van der Waals surface area contributed by atoms with Crippen molar-refractivity contribution in [1.82, 2.24) is 63.4 Å². The van der Waals surface area contributed by atoms with Gasteiger partial charge in [0.05, 0.1) is 13.2 Å². The maximum atomic E-state index is 14.4. The number of aliphatic hydroxyl groups excluding tert-OH is 1. The summed E-state index contributed by atoms with van der Waals surface area (Å²) in [7, 11) is 3.65. The predicted molar refractivity (Wildman–Crippen MR) is 327 cm³/mol. The molecule has 3 heterocycles. The van der Waals surface area contributed by atoms with Gasteiger partial charge in [-0.1, -0.05) is 83.0 Å². The van der Waals surface area contributed by atoms with Crippen LogP contribution in [0.25, 0.3) is 0 Å². The third-order valence-corrected chi connectivity index (χ3v) is 18.8. The Kier molecular flexibility index (Phi) is 30.2. The number of hydrogen-bond donors (Lipinski definition) is 16.